The smallest absolute Gasteiger partial charge is 0.271 e. The lowest BCUT2D eigenvalue weighted by Crippen LogP contribution is -2.14. The number of ether oxygens (including phenoxy) is 1. The summed E-state index contributed by atoms with van der Waals surface area (Å²) < 4.78 is 5.06. The first kappa shape index (κ1) is 17.1. The minimum atomic E-state index is -0.545. The van der Waals surface area contributed by atoms with E-state index in [2.05, 4.69) is 5.32 Å². The highest BCUT2D eigenvalue weighted by atomic mass is 35.5. The first-order valence-corrected chi connectivity index (χ1v) is 7.86. The molecule has 2 rings (SSSR count). The normalized spacial score (nSPS) is 10.2. The quantitative estimate of drug-likeness (QED) is 0.483. The summed E-state index contributed by atoms with van der Waals surface area (Å²) in [5, 5.41) is 13.4. The Bertz CT molecular complexity index is 722. The molecule has 0 atom stereocenters. The van der Waals surface area contributed by atoms with Crippen molar-refractivity contribution in [2.24, 2.45) is 0 Å². The zero-order valence-electron chi connectivity index (χ0n) is 12.1. The molecule has 2 aromatic rings. The standard InChI is InChI=1S/C15H13ClN2O4S/c1-22-11-3-5-12(6-4-11)23-9-15(19)17-14-7-2-10(18(20)21)8-13(14)16/h2-8H,9H2,1H3,(H,17,19). The van der Waals surface area contributed by atoms with E-state index in [9.17, 15) is 14.9 Å². The van der Waals surface area contributed by atoms with E-state index in [-0.39, 0.29) is 22.4 Å². The van der Waals surface area contributed by atoms with Crippen molar-refractivity contribution in [1.29, 1.82) is 0 Å². The number of benzene rings is 2. The van der Waals surface area contributed by atoms with Gasteiger partial charge in [-0.1, -0.05) is 11.6 Å². The Labute approximate surface area is 141 Å². The number of nitro groups is 1. The number of carbonyl (C=O) groups excluding carboxylic acids is 1. The minimum absolute atomic E-state index is 0.124. The van der Waals surface area contributed by atoms with Crippen molar-refractivity contribution in [3.63, 3.8) is 0 Å². The van der Waals surface area contributed by atoms with Gasteiger partial charge in [0.25, 0.3) is 5.69 Å². The van der Waals surface area contributed by atoms with Crippen LogP contribution < -0.4 is 10.1 Å². The fourth-order valence-corrected chi connectivity index (χ4v) is 2.65. The summed E-state index contributed by atoms with van der Waals surface area (Å²) in [6.45, 7) is 0. The number of hydrogen-bond acceptors (Lipinski definition) is 5. The fraction of sp³-hybridized carbons (Fsp3) is 0.133. The Morgan fingerprint density at radius 3 is 2.57 bits per heavy atom. The van der Waals surface area contributed by atoms with Crippen LogP contribution >= 0.6 is 23.4 Å². The van der Waals surface area contributed by atoms with Crippen LogP contribution in [0.25, 0.3) is 0 Å². The molecule has 0 aliphatic carbocycles. The Morgan fingerprint density at radius 2 is 2.00 bits per heavy atom. The number of anilines is 1. The van der Waals surface area contributed by atoms with Crippen LogP contribution in [0, 0.1) is 10.1 Å². The van der Waals surface area contributed by atoms with E-state index in [0.29, 0.717) is 5.69 Å². The van der Waals surface area contributed by atoms with Crippen LogP contribution in [0.2, 0.25) is 5.02 Å². The summed E-state index contributed by atoms with van der Waals surface area (Å²) >= 11 is 7.29. The lowest BCUT2D eigenvalue weighted by atomic mass is 10.3. The highest BCUT2D eigenvalue weighted by Gasteiger charge is 2.11. The Hall–Kier alpha value is -2.25. The van der Waals surface area contributed by atoms with Crippen molar-refractivity contribution in [2.45, 2.75) is 4.90 Å². The second kappa shape index (κ2) is 7.85. The molecule has 0 radical (unpaired) electrons. The van der Waals surface area contributed by atoms with E-state index in [4.69, 9.17) is 16.3 Å². The number of halogens is 1. The van der Waals surface area contributed by atoms with Gasteiger partial charge in [0.2, 0.25) is 5.91 Å². The molecule has 1 amide bonds. The molecule has 0 aromatic heterocycles. The number of methoxy groups -OCH3 is 1. The maximum atomic E-state index is 11.9. The molecule has 0 heterocycles. The molecule has 2 aromatic carbocycles. The molecule has 0 fully saturated rings. The summed E-state index contributed by atoms with van der Waals surface area (Å²) in [6, 6.07) is 11.2. The van der Waals surface area contributed by atoms with Gasteiger partial charge in [0.1, 0.15) is 5.75 Å². The number of nitro benzene ring substituents is 1. The van der Waals surface area contributed by atoms with Gasteiger partial charge in [0.05, 0.1) is 28.5 Å². The summed E-state index contributed by atoms with van der Waals surface area (Å²) in [5.74, 6) is 0.692. The van der Waals surface area contributed by atoms with Gasteiger partial charge in [0, 0.05) is 17.0 Å². The molecule has 0 unspecified atom stereocenters. The lowest BCUT2D eigenvalue weighted by molar-refractivity contribution is -0.384. The van der Waals surface area contributed by atoms with Crippen LogP contribution in [-0.4, -0.2) is 23.7 Å². The zero-order chi connectivity index (χ0) is 16.8. The fourth-order valence-electron chi connectivity index (χ4n) is 1.73. The van der Waals surface area contributed by atoms with Gasteiger partial charge in [-0.25, -0.2) is 0 Å². The summed E-state index contributed by atoms with van der Waals surface area (Å²) in [6.07, 6.45) is 0. The Balaban J connectivity index is 1.92. The lowest BCUT2D eigenvalue weighted by Gasteiger charge is -2.07. The molecular weight excluding hydrogens is 340 g/mol. The maximum absolute atomic E-state index is 11.9. The third kappa shape index (κ3) is 4.87. The minimum Gasteiger partial charge on any atom is -0.497 e. The number of non-ortho nitro benzene ring substituents is 1. The van der Waals surface area contributed by atoms with E-state index in [0.717, 1.165) is 10.6 Å². The van der Waals surface area contributed by atoms with Crippen LogP contribution in [0.4, 0.5) is 11.4 Å². The highest BCUT2D eigenvalue weighted by Crippen LogP contribution is 2.27. The number of rotatable bonds is 6. The molecule has 23 heavy (non-hydrogen) atoms. The molecule has 0 saturated carbocycles. The van der Waals surface area contributed by atoms with E-state index in [1.165, 1.54) is 30.0 Å². The van der Waals surface area contributed by atoms with Crippen LogP contribution in [0.5, 0.6) is 5.75 Å². The molecule has 0 aliphatic heterocycles. The van der Waals surface area contributed by atoms with Gasteiger partial charge < -0.3 is 10.1 Å². The molecule has 8 heteroatoms. The topological polar surface area (TPSA) is 81.5 Å². The summed E-state index contributed by atoms with van der Waals surface area (Å²) in [5.41, 5.74) is 0.221. The zero-order valence-corrected chi connectivity index (χ0v) is 13.7. The summed E-state index contributed by atoms with van der Waals surface area (Å²) in [7, 11) is 1.59. The van der Waals surface area contributed by atoms with Gasteiger partial charge in [0.15, 0.2) is 0 Å². The Kier molecular flexibility index (Phi) is 5.84. The molecule has 6 nitrogen and oxygen atoms in total. The molecular formula is C15H13ClN2O4S. The van der Waals surface area contributed by atoms with E-state index < -0.39 is 4.92 Å². The molecule has 0 bridgehead atoms. The van der Waals surface area contributed by atoms with Gasteiger partial charge in [-0.3, -0.25) is 14.9 Å². The predicted molar refractivity (Wildman–Crippen MR) is 90.5 cm³/mol. The molecule has 1 N–H and O–H groups in total. The van der Waals surface area contributed by atoms with Crippen molar-refractivity contribution in [3.8, 4) is 5.75 Å². The number of hydrogen-bond donors (Lipinski definition) is 1. The number of carbonyl (C=O) groups is 1. The van der Waals surface area contributed by atoms with Crippen LogP contribution in [0.1, 0.15) is 0 Å². The SMILES string of the molecule is COc1ccc(SCC(=O)Nc2ccc([N+](=O)[O-])cc2Cl)cc1. The van der Waals surface area contributed by atoms with E-state index >= 15 is 0 Å². The monoisotopic (exact) mass is 352 g/mol. The largest absolute Gasteiger partial charge is 0.497 e. The van der Waals surface area contributed by atoms with E-state index in [1.807, 2.05) is 24.3 Å². The van der Waals surface area contributed by atoms with Crippen molar-refractivity contribution in [1.82, 2.24) is 0 Å². The van der Waals surface area contributed by atoms with Gasteiger partial charge in [-0.05, 0) is 30.3 Å². The molecule has 120 valence electrons. The van der Waals surface area contributed by atoms with Crippen LogP contribution in [0.3, 0.4) is 0 Å². The third-order valence-corrected chi connectivity index (χ3v) is 4.19. The number of amides is 1. The van der Waals surface area contributed by atoms with Crippen LogP contribution in [0.15, 0.2) is 47.4 Å². The molecule has 0 aliphatic rings. The Morgan fingerprint density at radius 1 is 1.30 bits per heavy atom. The molecule has 0 saturated heterocycles. The van der Waals surface area contributed by atoms with Crippen molar-refractivity contribution >= 4 is 40.6 Å². The second-order valence-electron chi connectivity index (χ2n) is 4.43. The van der Waals surface area contributed by atoms with E-state index in [1.54, 1.807) is 7.11 Å². The van der Waals surface area contributed by atoms with Crippen molar-refractivity contribution in [2.75, 3.05) is 18.2 Å². The number of thioether (sulfide) groups is 1. The first-order chi connectivity index (χ1) is 11.0. The number of nitrogens with one attached hydrogen (secondary N) is 1. The maximum Gasteiger partial charge on any atom is 0.271 e. The predicted octanol–water partition coefficient (Wildman–Crippen LogP) is 3.99. The average Bonchev–Trinajstić information content (AvgIpc) is 2.55. The van der Waals surface area contributed by atoms with Crippen LogP contribution in [-0.2, 0) is 4.79 Å². The summed E-state index contributed by atoms with van der Waals surface area (Å²) in [4.78, 5) is 23.0. The second-order valence-corrected chi connectivity index (χ2v) is 5.89. The van der Waals surface area contributed by atoms with Gasteiger partial charge in [-0.2, -0.15) is 0 Å². The van der Waals surface area contributed by atoms with Gasteiger partial charge >= 0.3 is 0 Å². The molecule has 0 spiro atoms. The first-order valence-electron chi connectivity index (χ1n) is 6.50. The number of nitrogens with zero attached hydrogens (tertiary/aromatic N) is 1. The van der Waals surface area contributed by atoms with Gasteiger partial charge in [-0.15, -0.1) is 11.8 Å². The highest BCUT2D eigenvalue weighted by molar-refractivity contribution is 8.00. The van der Waals surface area contributed by atoms with Crippen molar-refractivity contribution in [3.05, 3.63) is 57.6 Å². The third-order valence-electron chi connectivity index (χ3n) is 2.87. The van der Waals surface area contributed by atoms with Crippen molar-refractivity contribution < 1.29 is 14.5 Å². The average molecular weight is 353 g/mol.